The van der Waals surface area contributed by atoms with Gasteiger partial charge in [0.2, 0.25) is 5.95 Å². The van der Waals surface area contributed by atoms with Gasteiger partial charge < -0.3 is 10.3 Å². The Kier molecular flexibility index (Phi) is 2.95. The van der Waals surface area contributed by atoms with Gasteiger partial charge in [-0.05, 0) is 23.6 Å². The molecule has 0 aliphatic rings. The number of nitrogens with zero attached hydrogens (tertiary/aromatic N) is 2. The predicted octanol–water partition coefficient (Wildman–Crippen LogP) is 3.23. The Hall–Kier alpha value is -2.29. The normalized spacial score (nSPS) is 11.0. The molecular weight excluding hydrogens is 234 g/mol. The maximum atomic E-state index is 6.08. The lowest BCUT2D eigenvalue weighted by Gasteiger charge is -2.06. The molecule has 19 heavy (non-hydrogen) atoms. The van der Waals surface area contributed by atoms with Gasteiger partial charge in [-0.15, -0.1) is 0 Å². The highest BCUT2D eigenvalue weighted by atomic mass is 15.1. The van der Waals surface area contributed by atoms with E-state index in [0.717, 1.165) is 24.0 Å². The molecule has 0 radical (unpaired) electrons. The molecule has 0 fully saturated rings. The van der Waals surface area contributed by atoms with E-state index in [1.807, 2.05) is 18.2 Å². The number of fused-ring (bicyclic) bond motifs is 1. The smallest absolute Gasteiger partial charge is 0.201 e. The van der Waals surface area contributed by atoms with Gasteiger partial charge in [-0.1, -0.05) is 49.4 Å². The van der Waals surface area contributed by atoms with Crippen LogP contribution in [0.2, 0.25) is 0 Å². The summed E-state index contributed by atoms with van der Waals surface area (Å²) >= 11 is 0. The van der Waals surface area contributed by atoms with Crippen molar-refractivity contribution < 1.29 is 0 Å². The number of aryl methyl sites for hydroxylation is 1. The lowest BCUT2D eigenvalue weighted by Crippen LogP contribution is -2.04. The molecule has 3 rings (SSSR count). The molecule has 0 aliphatic carbocycles. The third-order valence-electron chi connectivity index (χ3n) is 3.46. The highest BCUT2D eigenvalue weighted by Gasteiger charge is 2.10. The summed E-state index contributed by atoms with van der Waals surface area (Å²) in [5.74, 6) is 0.583. The molecule has 2 aromatic carbocycles. The molecule has 3 aromatic rings. The molecule has 0 saturated heterocycles. The van der Waals surface area contributed by atoms with Crippen molar-refractivity contribution in [3.8, 4) is 0 Å². The number of aromatic nitrogens is 2. The summed E-state index contributed by atoms with van der Waals surface area (Å²) < 4.78 is 2.07. The van der Waals surface area contributed by atoms with Crippen molar-refractivity contribution in [1.82, 2.24) is 9.55 Å². The molecule has 0 saturated carbocycles. The van der Waals surface area contributed by atoms with Gasteiger partial charge in [0.05, 0.1) is 17.6 Å². The van der Waals surface area contributed by atoms with E-state index in [9.17, 15) is 0 Å². The van der Waals surface area contributed by atoms with Crippen molar-refractivity contribution in [2.24, 2.45) is 0 Å². The van der Waals surface area contributed by atoms with Crippen LogP contribution in [0.5, 0.6) is 0 Å². The van der Waals surface area contributed by atoms with Gasteiger partial charge in [-0.3, -0.25) is 0 Å². The van der Waals surface area contributed by atoms with Crippen molar-refractivity contribution in [2.75, 3.05) is 5.73 Å². The summed E-state index contributed by atoms with van der Waals surface area (Å²) in [4.78, 5) is 4.52. The lowest BCUT2D eigenvalue weighted by molar-refractivity contribution is 0.838. The monoisotopic (exact) mass is 251 g/mol. The van der Waals surface area contributed by atoms with E-state index in [-0.39, 0.29) is 0 Å². The Labute approximate surface area is 112 Å². The summed E-state index contributed by atoms with van der Waals surface area (Å²) in [5.41, 5.74) is 10.7. The first-order valence-electron chi connectivity index (χ1n) is 6.57. The molecule has 3 nitrogen and oxygen atoms in total. The van der Waals surface area contributed by atoms with E-state index in [4.69, 9.17) is 5.73 Å². The Morgan fingerprint density at radius 2 is 1.84 bits per heavy atom. The van der Waals surface area contributed by atoms with Crippen LogP contribution in [0.4, 0.5) is 5.95 Å². The van der Waals surface area contributed by atoms with Gasteiger partial charge in [0.25, 0.3) is 0 Å². The first-order valence-corrected chi connectivity index (χ1v) is 6.57. The number of anilines is 1. The van der Waals surface area contributed by atoms with Gasteiger partial charge >= 0.3 is 0 Å². The molecule has 0 aliphatic heterocycles. The zero-order valence-corrected chi connectivity index (χ0v) is 11.0. The fraction of sp³-hybridized carbons (Fsp3) is 0.188. The van der Waals surface area contributed by atoms with Crippen LogP contribution in [-0.2, 0) is 13.0 Å². The molecule has 0 atom stereocenters. The summed E-state index contributed by atoms with van der Waals surface area (Å²) in [7, 11) is 0. The van der Waals surface area contributed by atoms with Crippen LogP contribution < -0.4 is 5.73 Å². The molecule has 0 amide bonds. The number of benzene rings is 2. The Morgan fingerprint density at radius 3 is 2.58 bits per heavy atom. The van der Waals surface area contributed by atoms with Gasteiger partial charge in [0.1, 0.15) is 0 Å². The van der Waals surface area contributed by atoms with E-state index in [1.54, 1.807) is 0 Å². The zero-order valence-electron chi connectivity index (χ0n) is 11.0. The molecule has 0 bridgehead atoms. The Bertz CT molecular complexity index is 699. The second-order valence-electron chi connectivity index (χ2n) is 4.68. The average molecular weight is 251 g/mol. The molecule has 0 spiro atoms. The average Bonchev–Trinajstić information content (AvgIpc) is 2.76. The first kappa shape index (κ1) is 11.8. The maximum absolute atomic E-state index is 6.08. The Balaban J connectivity index is 2.11. The number of hydrogen-bond donors (Lipinski definition) is 1. The number of para-hydroxylation sites is 1. The minimum Gasteiger partial charge on any atom is -0.369 e. The van der Waals surface area contributed by atoms with Gasteiger partial charge in [0, 0.05) is 0 Å². The highest BCUT2D eigenvalue weighted by Crippen LogP contribution is 2.22. The minimum absolute atomic E-state index is 0.583. The lowest BCUT2D eigenvalue weighted by atomic mass is 10.1. The van der Waals surface area contributed by atoms with E-state index in [0.29, 0.717) is 5.95 Å². The van der Waals surface area contributed by atoms with Crippen LogP contribution in [0, 0.1) is 0 Å². The van der Waals surface area contributed by atoms with Crippen LogP contribution in [0.3, 0.4) is 0 Å². The number of nitrogens with two attached hydrogens (primary N) is 1. The molecule has 2 N–H and O–H groups in total. The summed E-state index contributed by atoms with van der Waals surface area (Å²) in [5, 5.41) is 0. The third-order valence-corrected chi connectivity index (χ3v) is 3.46. The SMILES string of the molecule is CCc1cccc2c1nc(N)n2Cc1ccccc1. The van der Waals surface area contributed by atoms with Gasteiger partial charge in [-0.25, -0.2) is 4.98 Å². The number of rotatable bonds is 3. The van der Waals surface area contributed by atoms with Crippen LogP contribution in [0.25, 0.3) is 11.0 Å². The second kappa shape index (κ2) is 4.76. The summed E-state index contributed by atoms with van der Waals surface area (Å²) in [6.45, 7) is 2.90. The standard InChI is InChI=1S/C16H17N3/c1-2-13-9-6-10-14-15(13)18-16(17)19(14)11-12-7-4-3-5-8-12/h3-10H,2,11H2,1H3,(H2,17,18). The predicted molar refractivity (Wildman–Crippen MR) is 79.1 cm³/mol. The van der Waals surface area contributed by atoms with Crippen molar-refractivity contribution in [3.05, 3.63) is 59.7 Å². The van der Waals surface area contributed by atoms with Crippen molar-refractivity contribution in [2.45, 2.75) is 19.9 Å². The highest BCUT2D eigenvalue weighted by molar-refractivity contribution is 5.81. The van der Waals surface area contributed by atoms with E-state index >= 15 is 0 Å². The summed E-state index contributed by atoms with van der Waals surface area (Å²) in [6, 6.07) is 16.6. The maximum Gasteiger partial charge on any atom is 0.201 e. The van der Waals surface area contributed by atoms with E-state index in [1.165, 1.54) is 11.1 Å². The van der Waals surface area contributed by atoms with Crippen LogP contribution >= 0.6 is 0 Å². The van der Waals surface area contributed by atoms with Crippen molar-refractivity contribution in [1.29, 1.82) is 0 Å². The van der Waals surface area contributed by atoms with Crippen LogP contribution in [0.1, 0.15) is 18.1 Å². The van der Waals surface area contributed by atoms with Crippen LogP contribution in [0.15, 0.2) is 48.5 Å². The van der Waals surface area contributed by atoms with E-state index < -0.39 is 0 Å². The molecule has 1 aromatic heterocycles. The largest absolute Gasteiger partial charge is 0.369 e. The van der Waals surface area contributed by atoms with Crippen molar-refractivity contribution in [3.63, 3.8) is 0 Å². The Morgan fingerprint density at radius 1 is 1.05 bits per heavy atom. The quantitative estimate of drug-likeness (QED) is 0.776. The van der Waals surface area contributed by atoms with E-state index in [2.05, 4.69) is 46.8 Å². The second-order valence-corrected chi connectivity index (χ2v) is 4.68. The topological polar surface area (TPSA) is 43.8 Å². The fourth-order valence-electron chi connectivity index (χ4n) is 2.44. The first-order chi connectivity index (χ1) is 9.29. The molecule has 3 heteroatoms. The third kappa shape index (κ3) is 2.08. The number of imidazole rings is 1. The minimum atomic E-state index is 0.583. The molecule has 0 unspecified atom stereocenters. The zero-order chi connectivity index (χ0) is 13.2. The summed E-state index contributed by atoms with van der Waals surface area (Å²) in [6.07, 6.45) is 0.971. The van der Waals surface area contributed by atoms with Gasteiger partial charge in [-0.2, -0.15) is 0 Å². The molecular formula is C16H17N3. The van der Waals surface area contributed by atoms with Crippen LogP contribution in [-0.4, -0.2) is 9.55 Å². The molecule has 96 valence electrons. The van der Waals surface area contributed by atoms with Gasteiger partial charge in [0.15, 0.2) is 0 Å². The molecule has 1 heterocycles. The number of hydrogen-bond acceptors (Lipinski definition) is 2. The fourth-order valence-corrected chi connectivity index (χ4v) is 2.44. The van der Waals surface area contributed by atoms with Crippen molar-refractivity contribution >= 4 is 17.0 Å². The number of nitrogen functional groups attached to an aromatic ring is 1.